The normalized spacial score (nSPS) is 23.1. The molecule has 0 saturated heterocycles. The first kappa shape index (κ1) is 29.1. The lowest BCUT2D eigenvalue weighted by molar-refractivity contribution is 0.604. The van der Waals surface area contributed by atoms with Gasteiger partial charge in [0.1, 0.15) is 0 Å². The van der Waals surface area contributed by atoms with Crippen molar-refractivity contribution < 1.29 is 0 Å². The van der Waals surface area contributed by atoms with Gasteiger partial charge in [-0.3, -0.25) is 0 Å². The minimum Gasteiger partial charge on any atom is -0.0767 e. The van der Waals surface area contributed by atoms with Crippen molar-refractivity contribution in [3.8, 4) is 33.4 Å². The number of hydrogen-bond acceptors (Lipinski definition) is 0. The van der Waals surface area contributed by atoms with Gasteiger partial charge in [-0.1, -0.05) is 158 Å². The zero-order chi connectivity index (χ0) is 33.5. The van der Waals surface area contributed by atoms with E-state index in [0.29, 0.717) is 23.7 Å². The third-order valence-corrected chi connectivity index (χ3v) is 12.3. The first-order valence-corrected chi connectivity index (χ1v) is 18.7. The van der Waals surface area contributed by atoms with E-state index < -0.39 is 0 Å². The molecule has 0 heteroatoms. The van der Waals surface area contributed by atoms with Crippen molar-refractivity contribution >= 4 is 23.3 Å². The molecule has 0 radical (unpaired) electrons. The second-order valence-electron chi connectivity index (χ2n) is 15.0. The van der Waals surface area contributed by atoms with Gasteiger partial charge in [-0.15, -0.1) is 0 Å². The summed E-state index contributed by atoms with van der Waals surface area (Å²) < 4.78 is 0. The molecule has 0 amide bonds. The number of fused-ring (bicyclic) bond motifs is 4. The van der Waals surface area contributed by atoms with Gasteiger partial charge in [0.25, 0.3) is 0 Å². The van der Waals surface area contributed by atoms with Crippen molar-refractivity contribution in [1.29, 1.82) is 0 Å². The fourth-order valence-electron chi connectivity index (χ4n) is 10.0. The molecule has 0 fully saturated rings. The average Bonchev–Trinajstić information content (AvgIpc) is 3.49. The highest BCUT2D eigenvalue weighted by Crippen LogP contribution is 2.61. The quantitative estimate of drug-likeness (QED) is 0.182. The Morgan fingerprint density at radius 3 is 2.08 bits per heavy atom. The minimum atomic E-state index is 0.340. The molecule has 0 heterocycles. The summed E-state index contributed by atoms with van der Waals surface area (Å²) in [5.74, 6) is 1.52. The molecule has 0 aromatic heterocycles. The standard InChI is InChI=1S/C51H38/c1-3-11-32(12-4-1)33-21-23-34(24-22-33)39-29-37-25-26-38(30-47(37)46(31-39)35-13-5-2-6-14-35)48-44-20-10-19-43-41-17-8-7-16-40(41)42-18-9-15-36-27-28-45(48)51(49(36)42)50(43)44/h1-6,9-25,27-31,36,38,48-49H,7-8,26H2. The van der Waals surface area contributed by atoms with E-state index in [2.05, 4.69) is 170 Å². The van der Waals surface area contributed by atoms with Gasteiger partial charge in [-0.05, 0) is 126 Å². The molecule has 0 spiro atoms. The molecule has 5 aromatic carbocycles. The van der Waals surface area contributed by atoms with Crippen molar-refractivity contribution in [2.75, 3.05) is 0 Å². The predicted octanol–water partition coefficient (Wildman–Crippen LogP) is 11.2. The third-order valence-electron chi connectivity index (χ3n) is 12.3. The zero-order valence-electron chi connectivity index (χ0n) is 28.6. The van der Waals surface area contributed by atoms with E-state index in [-0.39, 0.29) is 0 Å². The van der Waals surface area contributed by atoms with E-state index in [1.54, 1.807) is 11.1 Å². The second-order valence-corrected chi connectivity index (χ2v) is 15.0. The molecule has 6 aliphatic carbocycles. The van der Waals surface area contributed by atoms with E-state index >= 15 is 0 Å². The summed E-state index contributed by atoms with van der Waals surface area (Å²) in [4.78, 5) is 0. The molecule has 242 valence electrons. The smallest absolute Gasteiger partial charge is 0.0202 e. The summed E-state index contributed by atoms with van der Waals surface area (Å²) in [6.07, 6.45) is 25.7. The Bertz CT molecular complexity index is 2580. The lowest BCUT2D eigenvalue weighted by atomic mass is 9.69. The Hall–Kier alpha value is -5.72. The maximum Gasteiger partial charge on any atom is 0.0202 e. The Morgan fingerprint density at radius 2 is 1.27 bits per heavy atom. The van der Waals surface area contributed by atoms with Crippen LogP contribution in [0.4, 0.5) is 0 Å². The molecule has 6 aliphatic rings. The Balaban J connectivity index is 1.07. The highest BCUT2D eigenvalue weighted by Gasteiger charge is 2.46. The van der Waals surface area contributed by atoms with Crippen molar-refractivity contribution in [2.45, 2.75) is 25.2 Å². The average molecular weight is 651 g/mol. The fourth-order valence-corrected chi connectivity index (χ4v) is 10.0. The van der Waals surface area contributed by atoms with Gasteiger partial charge in [0.2, 0.25) is 0 Å². The van der Waals surface area contributed by atoms with Crippen LogP contribution in [-0.2, 0) is 0 Å². The van der Waals surface area contributed by atoms with Crippen LogP contribution in [0.25, 0.3) is 56.7 Å². The molecule has 0 saturated carbocycles. The molecule has 51 heavy (non-hydrogen) atoms. The van der Waals surface area contributed by atoms with Gasteiger partial charge in [0.15, 0.2) is 0 Å². The van der Waals surface area contributed by atoms with E-state index in [0.717, 1.165) is 19.3 Å². The molecule has 0 bridgehead atoms. The first-order chi connectivity index (χ1) is 25.3. The lowest BCUT2D eigenvalue weighted by Crippen LogP contribution is -2.33. The van der Waals surface area contributed by atoms with Gasteiger partial charge >= 0.3 is 0 Å². The summed E-state index contributed by atoms with van der Waals surface area (Å²) in [6, 6.07) is 42.8. The topological polar surface area (TPSA) is 0 Å². The van der Waals surface area contributed by atoms with Crippen LogP contribution in [0, 0.1) is 17.8 Å². The molecule has 0 aliphatic heterocycles. The van der Waals surface area contributed by atoms with Crippen LogP contribution in [0.5, 0.6) is 0 Å². The number of rotatable bonds is 4. The van der Waals surface area contributed by atoms with Gasteiger partial charge in [0, 0.05) is 17.8 Å². The largest absolute Gasteiger partial charge is 0.0767 e. The van der Waals surface area contributed by atoms with Crippen molar-refractivity contribution in [3.63, 3.8) is 0 Å². The lowest BCUT2D eigenvalue weighted by Gasteiger charge is -2.34. The van der Waals surface area contributed by atoms with Crippen LogP contribution in [0.3, 0.4) is 0 Å². The SMILES string of the molecule is C1=CC2C=CC3=C4c5c(cccc5C3C3C=c5c(-c6ccccc6)cc(-c6ccc(-c7ccccc7)cc6)cc5=CC3)C3=CCCC=C3C(=C1)C42. The minimum absolute atomic E-state index is 0.340. The number of benzene rings is 5. The van der Waals surface area contributed by atoms with Gasteiger partial charge in [0.05, 0.1) is 0 Å². The van der Waals surface area contributed by atoms with E-state index in [1.165, 1.54) is 77.2 Å². The predicted molar refractivity (Wildman–Crippen MR) is 214 cm³/mol. The van der Waals surface area contributed by atoms with Crippen molar-refractivity contribution in [2.24, 2.45) is 17.8 Å². The van der Waals surface area contributed by atoms with Crippen LogP contribution in [0.15, 0.2) is 175 Å². The van der Waals surface area contributed by atoms with Gasteiger partial charge in [-0.2, -0.15) is 0 Å². The van der Waals surface area contributed by atoms with Crippen LogP contribution >= 0.6 is 0 Å². The summed E-state index contributed by atoms with van der Waals surface area (Å²) in [7, 11) is 0. The van der Waals surface area contributed by atoms with Crippen LogP contribution in [0.2, 0.25) is 0 Å². The number of allylic oxidation sites excluding steroid dienone is 12. The second kappa shape index (κ2) is 11.4. The van der Waals surface area contributed by atoms with E-state index in [9.17, 15) is 0 Å². The van der Waals surface area contributed by atoms with Crippen LogP contribution in [-0.4, -0.2) is 0 Å². The molecule has 4 atom stereocenters. The third kappa shape index (κ3) is 4.46. The Morgan fingerprint density at radius 1 is 0.549 bits per heavy atom. The molecular weight excluding hydrogens is 613 g/mol. The van der Waals surface area contributed by atoms with Crippen LogP contribution < -0.4 is 10.4 Å². The highest BCUT2D eigenvalue weighted by molar-refractivity contribution is 6.00. The monoisotopic (exact) mass is 650 g/mol. The fraction of sp³-hybridized carbons (Fsp3) is 0.137. The molecular formula is C51H38. The Labute approximate surface area is 300 Å². The first-order valence-electron chi connectivity index (χ1n) is 18.7. The van der Waals surface area contributed by atoms with E-state index in [1.807, 2.05) is 0 Å². The molecule has 4 unspecified atom stereocenters. The van der Waals surface area contributed by atoms with Gasteiger partial charge < -0.3 is 0 Å². The maximum absolute atomic E-state index is 2.64. The van der Waals surface area contributed by atoms with Crippen LogP contribution in [0.1, 0.15) is 41.9 Å². The van der Waals surface area contributed by atoms with E-state index in [4.69, 9.17) is 0 Å². The molecule has 0 N–H and O–H groups in total. The number of hydrogen-bond donors (Lipinski definition) is 0. The van der Waals surface area contributed by atoms with Gasteiger partial charge in [-0.25, -0.2) is 0 Å². The highest BCUT2D eigenvalue weighted by atomic mass is 14.5. The molecule has 0 nitrogen and oxygen atoms in total. The Kier molecular flexibility index (Phi) is 6.50. The zero-order valence-corrected chi connectivity index (χ0v) is 28.6. The molecule has 11 rings (SSSR count). The molecule has 5 aromatic rings. The summed E-state index contributed by atoms with van der Waals surface area (Å²) in [6.45, 7) is 0. The maximum atomic E-state index is 2.64. The summed E-state index contributed by atoms with van der Waals surface area (Å²) >= 11 is 0. The summed E-state index contributed by atoms with van der Waals surface area (Å²) in [5, 5.41) is 2.72. The summed E-state index contributed by atoms with van der Waals surface area (Å²) in [5.41, 5.74) is 19.7. The van der Waals surface area contributed by atoms with Crippen molar-refractivity contribution in [1.82, 2.24) is 0 Å². The van der Waals surface area contributed by atoms with Crippen molar-refractivity contribution in [3.05, 3.63) is 202 Å².